The molecule has 2 heterocycles. The number of fused-ring (bicyclic) bond motifs is 2. The molecule has 2 aliphatic rings. The van der Waals surface area contributed by atoms with Gasteiger partial charge in [0.15, 0.2) is 0 Å². The maximum absolute atomic E-state index is 12.2. The fourth-order valence-corrected chi connectivity index (χ4v) is 9.57. The molecule has 0 unspecified atom stereocenters. The summed E-state index contributed by atoms with van der Waals surface area (Å²) in [6, 6.07) is 30.3. The van der Waals surface area contributed by atoms with Crippen molar-refractivity contribution in [1.29, 1.82) is 0 Å². The van der Waals surface area contributed by atoms with Crippen LogP contribution in [0, 0.1) is 0 Å². The normalized spacial score (nSPS) is 18.1. The van der Waals surface area contributed by atoms with Gasteiger partial charge in [-0.05, 0) is 62.2 Å². The van der Waals surface area contributed by atoms with Crippen LogP contribution < -0.4 is 21.2 Å². The van der Waals surface area contributed by atoms with Crippen molar-refractivity contribution in [2.24, 2.45) is 0 Å². The van der Waals surface area contributed by atoms with Crippen molar-refractivity contribution in [3.8, 4) is 0 Å². The SMILES string of the molecule is C/C=C/[P+](c1ccccc1)(c1ccccc1)c1ccccc1.CCCCNC(=O)[C@@H]1C=C(C)[C@@H]2CN1C(=O)N2OS(=O)(=O)[O-]. The average molecular weight is 636 g/mol. The highest BCUT2D eigenvalue weighted by atomic mass is 32.3. The predicted octanol–water partition coefficient (Wildman–Crippen LogP) is 4.24. The van der Waals surface area contributed by atoms with E-state index in [0.717, 1.165) is 12.8 Å². The number of carbonyl (C=O) groups is 2. The fourth-order valence-electron chi connectivity index (χ4n) is 5.42. The van der Waals surface area contributed by atoms with E-state index >= 15 is 0 Å². The third-order valence-corrected chi connectivity index (χ3v) is 11.9. The summed E-state index contributed by atoms with van der Waals surface area (Å²) >= 11 is 0. The first-order chi connectivity index (χ1) is 21.1. The Kier molecular flexibility index (Phi) is 11.1. The number of hydrogen-bond donors (Lipinski definition) is 1. The molecular weight excluding hydrogens is 597 g/mol. The van der Waals surface area contributed by atoms with Crippen LogP contribution in [-0.2, 0) is 19.5 Å². The van der Waals surface area contributed by atoms with Gasteiger partial charge in [0.25, 0.3) is 0 Å². The summed E-state index contributed by atoms with van der Waals surface area (Å²) < 4.78 is 36.4. The minimum atomic E-state index is -5.06. The minimum Gasteiger partial charge on any atom is -0.724 e. The molecule has 1 N–H and O–H groups in total. The average Bonchev–Trinajstić information content (AvgIpc) is 3.29. The second kappa shape index (κ2) is 14.8. The van der Waals surface area contributed by atoms with Gasteiger partial charge in [0, 0.05) is 6.54 Å². The third kappa shape index (κ3) is 7.45. The monoisotopic (exact) mass is 635 g/mol. The number of nitrogens with zero attached hydrogens (tertiary/aromatic N) is 2. The van der Waals surface area contributed by atoms with Crippen LogP contribution in [0.15, 0.2) is 115 Å². The molecule has 9 nitrogen and oxygen atoms in total. The lowest BCUT2D eigenvalue weighted by molar-refractivity contribution is -0.124. The van der Waals surface area contributed by atoms with E-state index in [1.165, 1.54) is 20.8 Å². The van der Waals surface area contributed by atoms with Crippen molar-refractivity contribution >= 4 is 45.5 Å². The van der Waals surface area contributed by atoms with E-state index in [1.807, 2.05) is 6.92 Å². The van der Waals surface area contributed by atoms with E-state index in [0.29, 0.717) is 17.2 Å². The zero-order valence-corrected chi connectivity index (χ0v) is 26.8. The van der Waals surface area contributed by atoms with E-state index in [1.54, 1.807) is 13.0 Å². The molecule has 0 radical (unpaired) electrons. The second-order valence-electron chi connectivity index (χ2n) is 10.5. The lowest BCUT2D eigenvalue weighted by atomic mass is 10.0. The Bertz CT molecular complexity index is 1490. The Balaban J connectivity index is 0.000000201. The van der Waals surface area contributed by atoms with Gasteiger partial charge in [-0.3, -0.25) is 4.79 Å². The first-order valence-corrected chi connectivity index (χ1v) is 17.7. The minimum absolute atomic E-state index is 0.0998. The molecule has 0 aliphatic carbocycles. The number of hydroxylamine groups is 2. The third-order valence-electron chi connectivity index (χ3n) is 7.50. The van der Waals surface area contributed by atoms with E-state index in [-0.39, 0.29) is 12.5 Å². The van der Waals surface area contributed by atoms with Crippen molar-refractivity contribution in [1.82, 2.24) is 15.3 Å². The van der Waals surface area contributed by atoms with Gasteiger partial charge in [-0.1, -0.05) is 80.1 Å². The highest BCUT2D eigenvalue weighted by Crippen LogP contribution is 2.56. The maximum atomic E-state index is 12.2. The molecule has 2 atom stereocenters. The number of nitrogens with one attached hydrogen (secondary N) is 1. The van der Waals surface area contributed by atoms with Gasteiger partial charge in [-0.2, -0.15) is 9.35 Å². The summed E-state index contributed by atoms with van der Waals surface area (Å²) in [7, 11) is -6.79. The quantitative estimate of drug-likeness (QED) is 0.117. The largest absolute Gasteiger partial charge is 0.724 e. The summed E-state index contributed by atoms with van der Waals surface area (Å²) in [5.41, 5.74) is 0.599. The van der Waals surface area contributed by atoms with Crippen molar-refractivity contribution in [2.75, 3.05) is 13.1 Å². The van der Waals surface area contributed by atoms with Crippen LogP contribution in [0.4, 0.5) is 4.79 Å². The van der Waals surface area contributed by atoms with Gasteiger partial charge in [-0.25, -0.2) is 13.2 Å². The molecule has 11 heteroatoms. The number of hydrogen-bond acceptors (Lipinski definition) is 6. The Morgan fingerprint density at radius 3 is 1.91 bits per heavy atom. The van der Waals surface area contributed by atoms with E-state index in [2.05, 4.69) is 119 Å². The summed E-state index contributed by atoms with van der Waals surface area (Å²) in [6.07, 6.45) is 5.52. The molecule has 3 amide bonds. The molecule has 2 bridgehead atoms. The molecule has 2 aliphatic heterocycles. The highest BCUT2D eigenvalue weighted by Gasteiger charge is 2.48. The molecule has 0 spiro atoms. The van der Waals surface area contributed by atoms with Crippen molar-refractivity contribution in [2.45, 2.75) is 45.7 Å². The maximum Gasteiger partial charge on any atom is 0.346 e. The van der Waals surface area contributed by atoms with Crippen molar-refractivity contribution in [3.63, 3.8) is 0 Å². The Labute approximate surface area is 260 Å². The summed E-state index contributed by atoms with van der Waals surface area (Å²) in [5.74, 6) is 2.07. The molecule has 232 valence electrons. The van der Waals surface area contributed by atoms with Crippen molar-refractivity contribution in [3.05, 3.63) is 115 Å². The van der Waals surface area contributed by atoms with Crippen LogP contribution in [-0.4, -0.2) is 60.0 Å². The highest BCUT2D eigenvalue weighted by molar-refractivity contribution is 7.98. The standard InChI is InChI=1S/C21H20P.C12H19N3O6S/c1-2-18-22(19-12-6-3-7-13-19,20-14-8-4-9-15-20)21-16-10-5-11-17-21;1-3-4-5-13-11(16)9-6-8(2)10-7-14(9)12(17)15(10)21-22(18,19)20/h2-18H,1H3;6,9-10H,3-5,7H2,1-2H3,(H,13,16)(H,18,19,20)/q+1;/p-1/b18-2+;/t;9-,10-/m.0/s1. The number of carbonyl (C=O) groups excluding carboxylic acids is 2. The Hall–Kier alpha value is -3.82. The topological polar surface area (TPSA) is 119 Å². The zero-order valence-electron chi connectivity index (χ0n) is 25.1. The van der Waals surface area contributed by atoms with Gasteiger partial charge < -0.3 is 14.8 Å². The molecule has 44 heavy (non-hydrogen) atoms. The van der Waals surface area contributed by atoms with Crippen LogP contribution in [0.25, 0.3) is 0 Å². The molecule has 5 rings (SSSR count). The zero-order chi connectivity index (χ0) is 31.7. The van der Waals surface area contributed by atoms with Crippen LogP contribution >= 0.6 is 7.26 Å². The van der Waals surface area contributed by atoms with Gasteiger partial charge in [0.2, 0.25) is 16.3 Å². The van der Waals surface area contributed by atoms with E-state index in [9.17, 15) is 22.6 Å². The number of allylic oxidation sites excluding steroid dienone is 1. The van der Waals surface area contributed by atoms with Gasteiger partial charge in [0.1, 0.15) is 35.3 Å². The number of unbranched alkanes of at least 4 members (excludes halogenated alkanes) is 1. The lowest BCUT2D eigenvalue weighted by Crippen LogP contribution is -2.48. The lowest BCUT2D eigenvalue weighted by Gasteiger charge is -2.27. The first-order valence-electron chi connectivity index (χ1n) is 14.5. The number of amides is 3. The van der Waals surface area contributed by atoms with Gasteiger partial charge >= 0.3 is 6.03 Å². The molecule has 0 aromatic heterocycles. The van der Waals surface area contributed by atoms with Crippen LogP contribution in [0.3, 0.4) is 0 Å². The molecule has 3 aromatic carbocycles. The summed E-state index contributed by atoms with van der Waals surface area (Å²) in [4.78, 5) is 25.5. The Morgan fingerprint density at radius 2 is 1.48 bits per heavy atom. The smallest absolute Gasteiger partial charge is 0.346 e. The fraction of sp³-hybridized carbons (Fsp3) is 0.273. The molecule has 1 saturated heterocycles. The first kappa shape index (κ1) is 33.1. The van der Waals surface area contributed by atoms with Gasteiger partial charge in [0.05, 0.1) is 12.4 Å². The van der Waals surface area contributed by atoms with Gasteiger partial charge in [-0.15, -0.1) is 0 Å². The summed E-state index contributed by atoms with van der Waals surface area (Å²) in [6.45, 7) is 6.36. The molecule has 1 fully saturated rings. The van der Waals surface area contributed by atoms with E-state index < -0.39 is 35.8 Å². The number of benzene rings is 3. The predicted molar refractivity (Wildman–Crippen MR) is 174 cm³/mol. The van der Waals surface area contributed by atoms with Crippen LogP contribution in [0.5, 0.6) is 0 Å². The number of urea groups is 1. The molecule has 0 saturated carbocycles. The molecular formula is C33H38N3O6PS. The Morgan fingerprint density at radius 1 is 0.977 bits per heavy atom. The second-order valence-corrected chi connectivity index (χ2v) is 14.7. The van der Waals surface area contributed by atoms with Crippen LogP contribution in [0.2, 0.25) is 0 Å². The summed E-state index contributed by atoms with van der Waals surface area (Å²) in [5, 5.41) is 7.43. The number of rotatable bonds is 10. The molecule has 3 aromatic rings. The van der Waals surface area contributed by atoms with E-state index in [4.69, 9.17) is 0 Å². The van der Waals surface area contributed by atoms with Crippen LogP contribution in [0.1, 0.15) is 33.6 Å². The van der Waals surface area contributed by atoms with Crippen molar-refractivity contribution < 1.29 is 26.8 Å².